The van der Waals surface area contributed by atoms with Crippen molar-refractivity contribution in [2.75, 3.05) is 26.0 Å². The van der Waals surface area contributed by atoms with Crippen LogP contribution in [0.4, 0.5) is 5.69 Å². The van der Waals surface area contributed by atoms with Crippen LogP contribution in [-0.2, 0) is 4.79 Å². The maximum atomic E-state index is 11.9. The van der Waals surface area contributed by atoms with E-state index in [0.717, 1.165) is 0 Å². The van der Waals surface area contributed by atoms with Crippen LogP contribution in [0.5, 0.6) is 5.75 Å². The van der Waals surface area contributed by atoms with Gasteiger partial charge in [0.05, 0.1) is 0 Å². The van der Waals surface area contributed by atoms with Gasteiger partial charge in [-0.3, -0.25) is 9.59 Å². The predicted octanol–water partition coefficient (Wildman–Crippen LogP) is 3.06. The molecule has 2 aromatic carbocycles. The Labute approximate surface area is 139 Å². The van der Waals surface area contributed by atoms with Crippen LogP contribution in [0.15, 0.2) is 48.5 Å². The maximum Gasteiger partial charge on any atom is 0.262 e. The van der Waals surface area contributed by atoms with Crippen LogP contribution in [-0.4, -0.2) is 37.4 Å². The molecule has 0 aliphatic heterocycles. The van der Waals surface area contributed by atoms with Crippen molar-refractivity contribution in [3.8, 4) is 5.75 Å². The van der Waals surface area contributed by atoms with E-state index in [4.69, 9.17) is 16.3 Å². The van der Waals surface area contributed by atoms with Crippen LogP contribution < -0.4 is 10.1 Å². The van der Waals surface area contributed by atoms with Gasteiger partial charge in [-0.1, -0.05) is 23.7 Å². The molecule has 0 fully saturated rings. The van der Waals surface area contributed by atoms with Gasteiger partial charge in [0.15, 0.2) is 6.61 Å². The molecule has 0 aliphatic carbocycles. The van der Waals surface area contributed by atoms with Crippen LogP contribution in [0, 0.1) is 0 Å². The van der Waals surface area contributed by atoms with Crippen molar-refractivity contribution < 1.29 is 14.3 Å². The van der Waals surface area contributed by atoms with Gasteiger partial charge >= 0.3 is 0 Å². The highest BCUT2D eigenvalue weighted by Gasteiger charge is 2.10. The van der Waals surface area contributed by atoms with E-state index in [1.54, 1.807) is 62.6 Å². The largest absolute Gasteiger partial charge is 0.484 e. The summed E-state index contributed by atoms with van der Waals surface area (Å²) < 4.78 is 5.37. The molecule has 0 aromatic heterocycles. The number of hydrogen-bond donors (Lipinski definition) is 1. The molecule has 0 saturated heterocycles. The number of amides is 2. The van der Waals surface area contributed by atoms with Gasteiger partial charge in [-0.2, -0.15) is 0 Å². The summed E-state index contributed by atoms with van der Waals surface area (Å²) in [4.78, 5) is 25.3. The van der Waals surface area contributed by atoms with E-state index < -0.39 is 0 Å². The SMILES string of the molecule is CN(C)C(=O)c1cccc(NC(=O)COc2cccc(Cl)c2)c1. The van der Waals surface area contributed by atoms with Gasteiger partial charge in [-0.05, 0) is 36.4 Å². The third-order valence-corrected chi connectivity index (χ3v) is 3.20. The minimum absolute atomic E-state index is 0.128. The smallest absolute Gasteiger partial charge is 0.262 e. The van der Waals surface area contributed by atoms with Crippen molar-refractivity contribution in [3.63, 3.8) is 0 Å². The summed E-state index contributed by atoms with van der Waals surface area (Å²) in [5.41, 5.74) is 1.04. The van der Waals surface area contributed by atoms with E-state index in [2.05, 4.69) is 5.32 Å². The molecule has 1 N–H and O–H groups in total. The number of rotatable bonds is 5. The first-order valence-corrected chi connectivity index (χ1v) is 7.33. The summed E-state index contributed by atoms with van der Waals surface area (Å²) in [5.74, 6) is 0.0693. The molecule has 5 nitrogen and oxygen atoms in total. The molecule has 6 heteroatoms. The van der Waals surface area contributed by atoms with E-state index in [1.165, 1.54) is 4.90 Å². The Morgan fingerprint density at radius 3 is 2.57 bits per heavy atom. The molecule has 23 heavy (non-hydrogen) atoms. The van der Waals surface area contributed by atoms with Crippen molar-refractivity contribution in [2.45, 2.75) is 0 Å². The number of ether oxygens (including phenoxy) is 1. The van der Waals surface area contributed by atoms with Gasteiger partial charge in [0.2, 0.25) is 0 Å². The molecular weight excluding hydrogens is 316 g/mol. The normalized spacial score (nSPS) is 10.0. The molecule has 120 valence electrons. The number of nitrogens with one attached hydrogen (secondary N) is 1. The van der Waals surface area contributed by atoms with Crippen LogP contribution in [0.25, 0.3) is 0 Å². The Bertz CT molecular complexity index is 716. The lowest BCUT2D eigenvalue weighted by Crippen LogP contribution is -2.23. The lowest BCUT2D eigenvalue weighted by Gasteiger charge is -2.12. The average Bonchev–Trinajstić information content (AvgIpc) is 2.52. The zero-order valence-electron chi connectivity index (χ0n) is 12.9. The summed E-state index contributed by atoms with van der Waals surface area (Å²) in [6.45, 7) is -0.147. The van der Waals surface area contributed by atoms with Crippen molar-refractivity contribution in [1.29, 1.82) is 0 Å². The quantitative estimate of drug-likeness (QED) is 0.915. The Balaban J connectivity index is 1.95. The van der Waals surface area contributed by atoms with Gasteiger partial charge in [0, 0.05) is 30.4 Å². The summed E-state index contributed by atoms with van der Waals surface area (Å²) in [6.07, 6.45) is 0. The second kappa shape index (κ2) is 7.65. The van der Waals surface area contributed by atoms with Crippen LogP contribution >= 0.6 is 11.6 Å². The summed E-state index contributed by atoms with van der Waals surface area (Å²) >= 11 is 5.85. The standard InChI is InChI=1S/C17H17ClN2O3/c1-20(2)17(22)12-5-3-7-14(9-12)19-16(21)11-23-15-8-4-6-13(18)10-15/h3-10H,11H2,1-2H3,(H,19,21). The Morgan fingerprint density at radius 2 is 1.87 bits per heavy atom. The highest BCUT2D eigenvalue weighted by atomic mass is 35.5. The van der Waals surface area contributed by atoms with Gasteiger partial charge in [0.1, 0.15) is 5.75 Å². The number of hydrogen-bond acceptors (Lipinski definition) is 3. The number of carbonyl (C=O) groups excluding carboxylic acids is 2. The summed E-state index contributed by atoms with van der Waals surface area (Å²) in [7, 11) is 3.35. The van der Waals surface area contributed by atoms with Gasteiger partial charge in [0.25, 0.3) is 11.8 Å². The fourth-order valence-electron chi connectivity index (χ4n) is 1.89. The molecule has 0 bridgehead atoms. The zero-order valence-corrected chi connectivity index (χ0v) is 13.6. The molecule has 0 aliphatic rings. The lowest BCUT2D eigenvalue weighted by atomic mass is 10.2. The van der Waals surface area contributed by atoms with Gasteiger partial charge in [-0.15, -0.1) is 0 Å². The van der Waals surface area contributed by atoms with E-state index in [9.17, 15) is 9.59 Å². The average molecular weight is 333 g/mol. The third kappa shape index (κ3) is 5.00. The fourth-order valence-corrected chi connectivity index (χ4v) is 2.07. The summed E-state index contributed by atoms with van der Waals surface area (Å²) in [6, 6.07) is 13.6. The van der Waals surface area contributed by atoms with Crippen LogP contribution in [0.1, 0.15) is 10.4 Å². The number of nitrogens with zero attached hydrogens (tertiary/aromatic N) is 1. The first-order valence-electron chi connectivity index (χ1n) is 6.95. The molecule has 0 unspecified atom stereocenters. The minimum Gasteiger partial charge on any atom is -0.484 e. The van der Waals surface area contributed by atoms with E-state index in [0.29, 0.717) is 22.0 Å². The zero-order chi connectivity index (χ0) is 16.8. The lowest BCUT2D eigenvalue weighted by molar-refractivity contribution is -0.118. The number of anilines is 1. The Hall–Kier alpha value is -2.53. The number of carbonyl (C=O) groups is 2. The second-order valence-corrected chi connectivity index (χ2v) is 5.51. The number of benzene rings is 2. The van der Waals surface area contributed by atoms with Crippen molar-refractivity contribution in [3.05, 3.63) is 59.1 Å². The molecule has 2 amide bonds. The van der Waals surface area contributed by atoms with Crippen molar-refractivity contribution in [2.24, 2.45) is 0 Å². The molecule has 2 aromatic rings. The van der Waals surface area contributed by atoms with E-state index >= 15 is 0 Å². The van der Waals surface area contributed by atoms with Crippen molar-refractivity contribution >= 4 is 29.1 Å². The molecular formula is C17H17ClN2O3. The minimum atomic E-state index is -0.320. The number of halogens is 1. The monoisotopic (exact) mass is 332 g/mol. The predicted molar refractivity (Wildman–Crippen MR) is 90.0 cm³/mol. The fraction of sp³-hybridized carbons (Fsp3) is 0.176. The molecule has 0 spiro atoms. The molecule has 2 rings (SSSR count). The third-order valence-electron chi connectivity index (χ3n) is 2.97. The van der Waals surface area contributed by atoms with Crippen LogP contribution in [0.2, 0.25) is 5.02 Å². The van der Waals surface area contributed by atoms with Crippen molar-refractivity contribution in [1.82, 2.24) is 4.90 Å². The Kier molecular flexibility index (Phi) is 5.60. The highest BCUT2D eigenvalue weighted by molar-refractivity contribution is 6.30. The van der Waals surface area contributed by atoms with Crippen LogP contribution in [0.3, 0.4) is 0 Å². The topological polar surface area (TPSA) is 58.6 Å². The highest BCUT2D eigenvalue weighted by Crippen LogP contribution is 2.17. The molecule has 0 heterocycles. The second-order valence-electron chi connectivity index (χ2n) is 5.07. The molecule has 0 radical (unpaired) electrons. The van der Waals surface area contributed by atoms with E-state index in [1.807, 2.05) is 0 Å². The first kappa shape index (κ1) is 16.8. The Morgan fingerprint density at radius 1 is 1.13 bits per heavy atom. The van der Waals surface area contributed by atoms with E-state index in [-0.39, 0.29) is 18.4 Å². The maximum absolute atomic E-state index is 11.9. The van der Waals surface area contributed by atoms with Gasteiger partial charge < -0.3 is 15.0 Å². The molecule has 0 saturated carbocycles. The first-order chi connectivity index (χ1) is 11.0. The van der Waals surface area contributed by atoms with Gasteiger partial charge in [-0.25, -0.2) is 0 Å². The molecule has 0 atom stereocenters. The summed E-state index contributed by atoms with van der Waals surface area (Å²) in [5, 5.41) is 3.23.